The smallest absolute Gasteiger partial charge is 0.343 e. The number of rotatable bonds is 6. The fourth-order valence-electron chi connectivity index (χ4n) is 2.55. The van der Waals surface area contributed by atoms with Gasteiger partial charge in [-0.1, -0.05) is 11.6 Å². The molecule has 0 aliphatic rings. The van der Waals surface area contributed by atoms with E-state index in [-0.39, 0.29) is 12.5 Å². The first kappa shape index (κ1) is 21.7. The average molecular weight is 490 g/mol. The molecule has 30 heavy (non-hydrogen) atoms. The van der Waals surface area contributed by atoms with Crippen LogP contribution in [0.15, 0.2) is 58.1 Å². The van der Waals surface area contributed by atoms with Crippen LogP contribution >= 0.6 is 27.5 Å². The number of ether oxygens (including phenoxy) is 1. The van der Waals surface area contributed by atoms with E-state index in [1.165, 1.54) is 6.21 Å². The van der Waals surface area contributed by atoms with Crippen molar-refractivity contribution in [2.24, 2.45) is 5.10 Å². The van der Waals surface area contributed by atoms with Crippen LogP contribution in [0.1, 0.15) is 27.3 Å². The molecule has 9 heteroatoms. The molecular weight excluding hydrogens is 472 g/mol. The second-order valence-corrected chi connectivity index (χ2v) is 7.63. The van der Waals surface area contributed by atoms with Gasteiger partial charge in [0.1, 0.15) is 12.3 Å². The van der Waals surface area contributed by atoms with Crippen molar-refractivity contribution < 1.29 is 14.3 Å². The number of hydrogen-bond donors (Lipinski definition) is 1. The van der Waals surface area contributed by atoms with Gasteiger partial charge in [0.15, 0.2) is 0 Å². The summed E-state index contributed by atoms with van der Waals surface area (Å²) in [6.45, 7) is 3.80. The fraction of sp³-hybridized carbons (Fsp3) is 0.143. The largest absolute Gasteiger partial charge is 0.423 e. The first-order valence-electron chi connectivity index (χ1n) is 8.92. The molecule has 3 aromatic rings. The van der Waals surface area contributed by atoms with Crippen molar-refractivity contribution in [3.05, 3.63) is 80.5 Å². The van der Waals surface area contributed by atoms with Crippen LogP contribution < -0.4 is 10.2 Å². The van der Waals surface area contributed by atoms with Crippen LogP contribution in [-0.2, 0) is 11.3 Å². The number of nitrogens with one attached hydrogen (secondary N) is 1. The number of aromatic nitrogens is 2. The predicted molar refractivity (Wildman–Crippen MR) is 118 cm³/mol. The Hall–Kier alpha value is -2.97. The van der Waals surface area contributed by atoms with Gasteiger partial charge in [-0.05, 0) is 83.9 Å². The van der Waals surface area contributed by atoms with Gasteiger partial charge in [0, 0.05) is 5.02 Å². The number of carbonyl (C=O) groups excluding carboxylic acids is 2. The summed E-state index contributed by atoms with van der Waals surface area (Å²) in [4.78, 5) is 24.1. The molecule has 2 aromatic carbocycles. The van der Waals surface area contributed by atoms with Crippen LogP contribution in [0.4, 0.5) is 0 Å². The van der Waals surface area contributed by atoms with Crippen molar-refractivity contribution in [2.75, 3.05) is 0 Å². The minimum Gasteiger partial charge on any atom is -0.423 e. The molecule has 0 spiro atoms. The molecule has 0 atom stereocenters. The van der Waals surface area contributed by atoms with Crippen molar-refractivity contribution >= 4 is 45.6 Å². The van der Waals surface area contributed by atoms with Crippen molar-refractivity contribution in [3.63, 3.8) is 0 Å². The number of esters is 1. The standard InChI is InChI=1S/C21H18BrClN4O3/c1-13-20(22)14(2)27(26-13)12-19(28)25-24-11-15-3-9-18(10-4-15)30-21(29)16-5-7-17(23)8-6-16/h3-11H,12H2,1-2H3,(H,25,28). The van der Waals surface area contributed by atoms with E-state index in [1.54, 1.807) is 53.2 Å². The van der Waals surface area contributed by atoms with Crippen molar-refractivity contribution in [3.8, 4) is 5.75 Å². The molecule has 3 rings (SSSR count). The Bertz CT molecular complexity index is 1090. The monoisotopic (exact) mass is 488 g/mol. The van der Waals surface area contributed by atoms with Crippen molar-refractivity contribution in [1.29, 1.82) is 0 Å². The molecular formula is C21H18BrClN4O3. The summed E-state index contributed by atoms with van der Waals surface area (Å²) in [5.74, 6) is -0.375. The molecule has 1 N–H and O–H groups in total. The van der Waals surface area contributed by atoms with Gasteiger partial charge >= 0.3 is 5.97 Å². The van der Waals surface area contributed by atoms with Gasteiger partial charge in [0.25, 0.3) is 5.91 Å². The third kappa shape index (κ3) is 5.55. The maximum absolute atomic E-state index is 12.1. The number of carbonyl (C=O) groups is 2. The molecule has 0 saturated heterocycles. The molecule has 0 saturated carbocycles. The number of aryl methyl sites for hydroxylation is 1. The van der Waals surface area contributed by atoms with Gasteiger partial charge in [0.05, 0.1) is 27.6 Å². The summed E-state index contributed by atoms with van der Waals surface area (Å²) in [7, 11) is 0. The zero-order valence-electron chi connectivity index (χ0n) is 16.2. The average Bonchev–Trinajstić information content (AvgIpc) is 2.96. The highest BCUT2D eigenvalue weighted by atomic mass is 79.9. The van der Waals surface area contributed by atoms with E-state index in [0.717, 1.165) is 21.4 Å². The maximum atomic E-state index is 12.1. The number of halogens is 2. The third-order valence-corrected chi connectivity index (χ3v) is 5.56. The van der Waals surface area contributed by atoms with Gasteiger partial charge in [-0.25, -0.2) is 10.2 Å². The molecule has 0 unspecified atom stereocenters. The molecule has 154 valence electrons. The highest BCUT2D eigenvalue weighted by Crippen LogP contribution is 2.19. The first-order valence-corrected chi connectivity index (χ1v) is 10.1. The Morgan fingerprint density at radius 1 is 1.17 bits per heavy atom. The van der Waals surface area contributed by atoms with Gasteiger partial charge in [0.2, 0.25) is 0 Å². The summed E-state index contributed by atoms with van der Waals surface area (Å²) in [6.07, 6.45) is 1.50. The van der Waals surface area contributed by atoms with E-state index in [9.17, 15) is 9.59 Å². The number of hydrazone groups is 1. The maximum Gasteiger partial charge on any atom is 0.343 e. The highest BCUT2D eigenvalue weighted by Gasteiger charge is 2.11. The van der Waals surface area contributed by atoms with E-state index in [1.807, 2.05) is 13.8 Å². The minimum absolute atomic E-state index is 0.0647. The number of nitrogens with zero attached hydrogens (tertiary/aromatic N) is 3. The molecule has 1 aromatic heterocycles. The van der Waals surface area contributed by atoms with Crippen LogP contribution in [0.3, 0.4) is 0 Å². The lowest BCUT2D eigenvalue weighted by Crippen LogP contribution is -2.24. The Kier molecular flexibility index (Phi) is 7.02. The molecule has 7 nitrogen and oxygen atoms in total. The zero-order valence-corrected chi connectivity index (χ0v) is 18.6. The fourth-order valence-corrected chi connectivity index (χ4v) is 2.96. The third-order valence-electron chi connectivity index (χ3n) is 4.16. The number of hydrogen-bond acceptors (Lipinski definition) is 5. The number of benzene rings is 2. The van der Waals surface area contributed by atoms with Crippen LogP contribution in [0.2, 0.25) is 5.02 Å². The van der Waals surface area contributed by atoms with E-state index >= 15 is 0 Å². The molecule has 0 aliphatic carbocycles. The minimum atomic E-state index is -0.476. The SMILES string of the molecule is Cc1nn(CC(=O)NN=Cc2ccc(OC(=O)c3ccc(Cl)cc3)cc2)c(C)c1Br. The van der Waals surface area contributed by atoms with E-state index in [0.29, 0.717) is 16.3 Å². The Labute approximate surface area is 186 Å². The zero-order chi connectivity index (χ0) is 21.7. The topological polar surface area (TPSA) is 85.6 Å². The Balaban J connectivity index is 1.52. The van der Waals surface area contributed by atoms with E-state index in [2.05, 4.69) is 31.6 Å². The van der Waals surface area contributed by atoms with Gasteiger partial charge in [-0.3, -0.25) is 9.48 Å². The molecule has 0 radical (unpaired) electrons. The van der Waals surface area contributed by atoms with Crippen LogP contribution in [0.25, 0.3) is 0 Å². The van der Waals surface area contributed by atoms with Gasteiger partial charge in [-0.2, -0.15) is 10.2 Å². The lowest BCUT2D eigenvalue weighted by Gasteiger charge is -2.05. The predicted octanol–water partition coefficient (Wildman–Crippen LogP) is 4.29. The van der Waals surface area contributed by atoms with Crippen molar-refractivity contribution in [1.82, 2.24) is 15.2 Å². The normalized spacial score (nSPS) is 10.9. The highest BCUT2D eigenvalue weighted by molar-refractivity contribution is 9.10. The molecule has 0 fully saturated rings. The van der Waals surface area contributed by atoms with Crippen molar-refractivity contribution in [2.45, 2.75) is 20.4 Å². The second-order valence-electron chi connectivity index (χ2n) is 6.40. The van der Waals surface area contributed by atoms with E-state index in [4.69, 9.17) is 16.3 Å². The quantitative estimate of drug-likeness (QED) is 0.242. The summed E-state index contributed by atoms with van der Waals surface area (Å²) in [5.41, 5.74) is 5.29. The van der Waals surface area contributed by atoms with Crippen LogP contribution in [0.5, 0.6) is 5.75 Å². The lowest BCUT2D eigenvalue weighted by molar-refractivity contribution is -0.121. The Morgan fingerprint density at radius 3 is 2.43 bits per heavy atom. The molecule has 0 aliphatic heterocycles. The van der Waals surface area contributed by atoms with E-state index < -0.39 is 5.97 Å². The molecule has 0 bridgehead atoms. The van der Waals surface area contributed by atoms with Crippen LogP contribution in [-0.4, -0.2) is 27.9 Å². The second kappa shape index (κ2) is 9.69. The Morgan fingerprint density at radius 2 is 1.83 bits per heavy atom. The first-order chi connectivity index (χ1) is 14.3. The van der Waals surface area contributed by atoms with Crippen LogP contribution in [0, 0.1) is 13.8 Å². The summed E-state index contributed by atoms with van der Waals surface area (Å²) >= 11 is 9.24. The van der Waals surface area contributed by atoms with Gasteiger partial charge in [-0.15, -0.1) is 0 Å². The number of amides is 1. The summed E-state index contributed by atoms with van der Waals surface area (Å²) in [6, 6.07) is 13.2. The molecule has 1 heterocycles. The van der Waals surface area contributed by atoms with Gasteiger partial charge < -0.3 is 4.74 Å². The summed E-state index contributed by atoms with van der Waals surface area (Å²) < 4.78 is 7.81. The molecule has 1 amide bonds. The summed E-state index contributed by atoms with van der Waals surface area (Å²) in [5, 5.41) is 8.78. The lowest BCUT2D eigenvalue weighted by atomic mass is 10.2.